The lowest BCUT2D eigenvalue weighted by atomic mass is 9.77. The van der Waals surface area contributed by atoms with Gasteiger partial charge in [-0.05, 0) is 67.1 Å². The molecule has 0 saturated heterocycles. The van der Waals surface area contributed by atoms with Crippen LogP contribution in [-0.4, -0.2) is 11.7 Å². The predicted octanol–water partition coefficient (Wildman–Crippen LogP) is 4.35. The Balaban J connectivity index is 1.57. The normalized spacial score (nSPS) is 16.6. The van der Waals surface area contributed by atoms with Gasteiger partial charge in [0.2, 0.25) is 0 Å². The second-order valence-electron chi connectivity index (χ2n) is 5.14. The van der Waals surface area contributed by atoms with Crippen LogP contribution in [0.25, 0.3) is 0 Å². The van der Waals surface area contributed by atoms with Crippen LogP contribution < -0.4 is 5.32 Å². The summed E-state index contributed by atoms with van der Waals surface area (Å²) in [5.74, 6) is 0.886. The summed E-state index contributed by atoms with van der Waals surface area (Å²) < 4.78 is 1.44. The van der Waals surface area contributed by atoms with E-state index in [-0.39, 0.29) is 5.75 Å². The summed E-state index contributed by atoms with van der Waals surface area (Å²) >= 11 is 6.71. The summed E-state index contributed by atoms with van der Waals surface area (Å²) in [6, 6.07) is 12.5. The molecule has 0 aromatic heterocycles. The van der Waals surface area contributed by atoms with Gasteiger partial charge >= 0.3 is 0 Å². The summed E-state index contributed by atoms with van der Waals surface area (Å²) in [5.41, 5.74) is 4.11. The summed E-state index contributed by atoms with van der Waals surface area (Å²) in [6.07, 6.45) is 1.17. The number of nitrogens with one attached hydrogen (secondary N) is 1. The van der Waals surface area contributed by atoms with Gasteiger partial charge in [-0.3, -0.25) is 0 Å². The van der Waals surface area contributed by atoms with Gasteiger partial charge in [-0.1, -0.05) is 24.3 Å². The van der Waals surface area contributed by atoms with Crippen LogP contribution >= 0.6 is 31.9 Å². The van der Waals surface area contributed by atoms with Gasteiger partial charge < -0.3 is 10.4 Å². The molecule has 0 fully saturated rings. The molecule has 0 heterocycles. The topological polar surface area (TPSA) is 32.3 Å². The van der Waals surface area contributed by atoms with E-state index in [0.29, 0.717) is 5.92 Å². The number of aromatic hydroxyl groups is 1. The molecule has 2 nitrogen and oxygen atoms in total. The van der Waals surface area contributed by atoms with Crippen LogP contribution in [0, 0.1) is 0 Å². The standard InChI is InChI=1S/C16H15Br2NO/c17-14-5-10(6-15(18)16(14)20)8-19-9-12-7-11-3-1-2-4-13(11)12/h1-6,12,19-20H,7-9H2. The van der Waals surface area contributed by atoms with E-state index in [4.69, 9.17) is 0 Å². The third-order valence-corrected chi connectivity index (χ3v) is 4.97. The Bertz CT molecular complexity index is 619. The number of rotatable bonds is 4. The third kappa shape index (κ3) is 2.78. The fourth-order valence-corrected chi connectivity index (χ4v) is 3.94. The first-order valence-electron chi connectivity index (χ1n) is 6.60. The number of benzene rings is 2. The van der Waals surface area contributed by atoms with Crippen molar-refractivity contribution < 1.29 is 5.11 Å². The highest BCUT2D eigenvalue weighted by atomic mass is 79.9. The van der Waals surface area contributed by atoms with Crippen molar-refractivity contribution >= 4 is 31.9 Å². The lowest BCUT2D eigenvalue weighted by Gasteiger charge is -2.30. The van der Waals surface area contributed by atoms with Gasteiger partial charge in [0.05, 0.1) is 8.95 Å². The van der Waals surface area contributed by atoms with Crippen molar-refractivity contribution in [2.45, 2.75) is 18.9 Å². The van der Waals surface area contributed by atoms with E-state index in [1.165, 1.54) is 17.5 Å². The van der Waals surface area contributed by atoms with E-state index in [2.05, 4.69) is 61.4 Å². The van der Waals surface area contributed by atoms with Crippen molar-refractivity contribution in [1.29, 1.82) is 0 Å². The van der Waals surface area contributed by atoms with Crippen molar-refractivity contribution in [3.05, 3.63) is 62.0 Å². The molecule has 1 atom stereocenters. The fourth-order valence-electron chi connectivity index (χ4n) is 2.66. The average molecular weight is 397 g/mol. The minimum atomic E-state index is 0.252. The van der Waals surface area contributed by atoms with E-state index in [9.17, 15) is 5.11 Å². The first kappa shape index (κ1) is 14.1. The Hall–Kier alpha value is -0.840. The first-order chi connectivity index (χ1) is 9.65. The summed E-state index contributed by atoms with van der Waals surface area (Å²) in [4.78, 5) is 0. The van der Waals surface area contributed by atoms with Crippen LogP contribution in [0.2, 0.25) is 0 Å². The highest BCUT2D eigenvalue weighted by Crippen LogP contribution is 2.35. The molecule has 1 aliphatic rings. The zero-order chi connectivity index (χ0) is 14.1. The van der Waals surface area contributed by atoms with Crippen molar-refractivity contribution in [3.63, 3.8) is 0 Å². The molecule has 0 radical (unpaired) electrons. The average Bonchev–Trinajstić information content (AvgIpc) is 2.41. The molecule has 0 bridgehead atoms. The molecule has 0 saturated carbocycles. The van der Waals surface area contributed by atoms with Crippen LogP contribution in [0.5, 0.6) is 5.75 Å². The van der Waals surface area contributed by atoms with E-state index >= 15 is 0 Å². The number of fused-ring (bicyclic) bond motifs is 1. The van der Waals surface area contributed by atoms with Crippen LogP contribution in [0.4, 0.5) is 0 Å². The Morgan fingerprint density at radius 3 is 2.55 bits per heavy atom. The zero-order valence-corrected chi connectivity index (χ0v) is 14.0. The monoisotopic (exact) mass is 395 g/mol. The van der Waals surface area contributed by atoms with Crippen LogP contribution in [0.15, 0.2) is 45.3 Å². The summed E-state index contributed by atoms with van der Waals surface area (Å²) in [7, 11) is 0. The van der Waals surface area contributed by atoms with E-state index in [1.807, 2.05) is 12.1 Å². The number of phenols is 1. The number of hydrogen-bond donors (Lipinski definition) is 2. The van der Waals surface area contributed by atoms with Crippen molar-refractivity contribution in [1.82, 2.24) is 5.32 Å². The molecular formula is C16H15Br2NO. The minimum absolute atomic E-state index is 0.252. The Kier molecular flexibility index (Phi) is 4.15. The SMILES string of the molecule is Oc1c(Br)cc(CNCC2Cc3ccccc32)cc1Br. The summed E-state index contributed by atoms with van der Waals surface area (Å²) in [6.45, 7) is 1.79. The molecule has 2 N–H and O–H groups in total. The maximum Gasteiger partial charge on any atom is 0.143 e. The van der Waals surface area contributed by atoms with Gasteiger partial charge in [-0.25, -0.2) is 0 Å². The zero-order valence-electron chi connectivity index (χ0n) is 10.9. The molecule has 0 aliphatic heterocycles. The van der Waals surface area contributed by atoms with Crippen LogP contribution in [0.3, 0.4) is 0 Å². The second-order valence-corrected chi connectivity index (χ2v) is 6.85. The first-order valence-corrected chi connectivity index (χ1v) is 8.19. The number of hydrogen-bond acceptors (Lipinski definition) is 2. The highest BCUT2D eigenvalue weighted by Gasteiger charge is 2.24. The van der Waals surface area contributed by atoms with Gasteiger partial charge in [0.15, 0.2) is 0 Å². The Labute approximate surface area is 135 Å². The van der Waals surface area contributed by atoms with Crippen molar-refractivity contribution in [3.8, 4) is 5.75 Å². The van der Waals surface area contributed by atoms with Gasteiger partial charge in [0.1, 0.15) is 5.75 Å². The molecule has 1 unspecified atom stereocenters. The molecule has 104 valence electrons. The molecular weight excluding hydrogens is 382 g/mol. The number of phenolic OH excluding ortho intramolecular Hbond substituents is 1. The van der Waals surface area contributed by atoms with Crippen LogP contribution in [0.1, 0.15) is 22.6 Å². The van der Waals surface area contributed by atoms with Crippen LogP contribution in [-0.2, 0) is 13.0 Å². The summed E-state index contributed by atoms with van der Waals surface area (Å²) in [5, 5.41) is 13.2. The predicted molar refractivity (Wildman–Crippen MR) is 88.1 cm³/mol. The maximum absolute atomic E-state index is 9.69. The smallest absolute Gasteiger partial charge is 0.143 e. The maximum atomic E-state index is 9.69. The molecule has 0 spiro atoms. The number of halogens is 2. The largest absolute Gasteiger partial charge is 0.506 e. The minimum Gasteiger partial charge on any atom is -0.506 e. The molecule has 2 aromatic carbocycles. The Morgan fingerprint density at radius 2 is 1.85 bits per heavy atom. The van der Waals surface area contributed by atoms with Crippen molar-refractivity contribution in [2.75, 3.05) is 6.54 Å². The van der Waals surface area contributed by atoms with Gasteiger partial charge in [-0.2, -0.15) is 0 Å². The van der Waals surface area contributed by atoms with Gasteiger partial charge in [0.25, 0.3) is 0 Å². The van der Waals surface area contributed by atoms with Gasteiger partial charge in [-0.15, -0.1) is 0 Å². The molecule has 0 amide bonds. The third-order valence-electron chi connectivity index (χ3n) is 3.76. The van der Waals surface area contributed by atoms with Gasteiger partial charge in [0, 0.05) is 19.0 Å². The second kappa shape index (κ2) is 5.88. The van der Waals surface area contributed by atoms with E-state index in [1.54, 1.807) is 0 Å². The fraction of sp³-hybridized carbons (Fsp3) is 0.250. The highest BCUT2D eigenvalue weighted by molar-refractivity contribution is 9.11. The van der Waals surface area contributed by atoms with E-state index < -0.39 is 0 Å². The van der Waals surface area contributed by atoms with Crippen molar-refractivity contribution in [2.24, 2.45) is 0 Å². The molecule has 4 heteroatoms. The quantitative estimate of drug-likeness (QED) is 0.805. The molecule has 1 aliphatic carbocycles. The molecule has 2 aromatic rings. The lowest BCUT2D eigenvalue weighted by molar-refractivity contribution is 0.467. The molecule has 3 rings (SSSR count). The Morgan fingerprint density at radius 1 is 1.15 bits per heavy atom. The molecule has 20 heavy (non-hydrogen) atoms. The van der Waals surface area contributed by atoms with E-state index in [0.717, 1.165) is 27.6 Å². The lowest BCUT2D eigenvalue weighted by Crippen LogP contribution is -2.28.